The summed E-state index contributed by atoms with van der Waals surface area (Å²) >= 11 is 8.10. The molecule has 0 aliphatic rings. The fourth-order valence-corrected chi connectivity index (χ4v) is 2.13. The molecule has 6 heteroatoms. The summed E-state index contributed by atoms with van der Waals surface area (Å²) < 4.78 is 1.03. The predicted molar refractivity (Wildman–Crippen MR) is 85.5 cm³/mol. The Morgan fingerprint density at radius 3 is 2.20 bits per heavy atom. The molecule has 0 radical (unpaired) electrons. The molecule has 2 N–H and O–H groups in total. The van der Waals surface area contributed by atoms with Gasteiger partial charge in [0.25, 0.3) is 5.91 Å². The molecule has 0 spiro atoms. The normalized spacial score (nSPS) is 10.1. The van der Waals surface area contributed by atoms with E-state index in [9.17, 15) is 9.59 Å². The van der Waals surface area contributed by atoms with Crippen molar-refractivity contribution in [1.29, 1.82) is 0 Å². The number of hydrogen-bond acceptors (Lipinski definition) is 2. The average molecular weight is 402 g/mol. The molecule has 2 aromatic carbocycles. The molecule has 0 aromatic heterocycles. The summed E-state index contributed by atoms with van der Waals surface area (Å²) in [4.78, 5) is 22.8. The molecule has 0 heterocycles. The summed E-state index contributed by atoms with van der Waals surface area (Å²) in [6, 6.07) is 11.2. The molecule has 0 saturated heterocycles. The van der Waals surface area contributed by atoms with Gasteiger partial charge in [-0.15, -0.1) is 0 Å². The van der Waals surface area contributed by atoms with Gasteiger partial charge in [-0.3, -0.25) is 4.79 Å². The molecule has 0 saturated carbocycles. The van der Waals surface area contributed by atoms with E-state index in [0.29, 0.717) is 11.3 Å². The van der Waals surface area contributed by atoms with Crippen molar-refractivity contribution in [3.63, 3.8) is 0 Å². The maximum atomic E-state index is 12.0. The lowest BCUT2D eigenvalue weighted by molar-refractivity contribution is 0.0696. The number of anilines is 1. The van der Waals surface area contributed by atoms with Crippen LogP contribution in [0.4, 0.5) is 5.69 Å². The van der Waals surface area contributed by atoms with Crippen molar-refractivity contribution < 1.29 is 14.7 Å². The molecule has 4 nitrogen and oxygen atoms in total. The highest BCUT2D eigenvalue weighted by Gasteiger charge is 2.11. The molecular formula is C14H9ClINO3. The van der Waals surface area contributed by atoms with Crippen LogP contribution >= 0.6 is 34.2 Å². The van der Waals surface area contributed by atoms with Crippen LogP contribution in [0.25, 0.3) is 0 Å². The zero-order chi connectivity index (χ0) is 14.7. The van der Waals surface area contributed by atoms with Gasteiger partial charge in [0.2, 0.25) is 0 Å². The van der Waals surface area contributed by atoms with Gasteiger partial charge in [-0.25, -0.2) is 4.79 Å². The minimum absolute atomic E-state index is 0.0715. The van der Waals surface area contributed by atoms with Gasteiger partial charge in [-0.1, -0.05) is 11.6 Å². The second-order valence-electron chi connectivity index (χ2n) is 3.96. The Labute approximate surface area is 133 Å². The number of nitrogens with one attached hydrogen (secondary N) is 1. The maximum absolute atomic E-state index is 12.0. The number of rotatable bonds is 3. The topological polar surface area (TPSA) is 66.4 Å². The molecule has 102 valence electrons. The van der Waals surface area contributed by atoms with Crippen LogP contribution in [0, 0.1) is 3.57 Å². The quantitative estimate of drug-likeness (QED) is 0.767. The highest BCUT2D eigenvalue weighted by atomic mass is 127. The van der Waals surface area contributed by atoms with Gasteiger partial charge in [0.05, 0.1) is 16.3 Å². The number of carboxylic acids is 1. The summed E-state index contributed by atoms with van der Waals surface area (Å²) in [5.74, 6) is -1.37. The summed E-state index contributed by atoms with van der Waals surface area (Å²) in [6.07, 6.45) is 0. The van der Waals surface area contributed by atoms with E-state index in [1.54, 1.807) is 12.1 Å². The standard InChI is InChI=1S/C14H9ClINO3/c15-11-7-9(14(19)20)3-6-12(11)17-13(18)8-1-4-10(16)5-2-8/h1-7H,(H,17,18)(H,19,20). The molecule has 2 aromatic rings. The molecule has 0 aliphatic carbocycles. The molecule has 0 unspecified atom stereocenters. The molecule has 20 heavy (non-hydrogen) atoms. The summed E-state index contributed by atoms with van der Waals surface area (Å²) in [7, 11) is 0. The van der Waals surface area contributed by atoms with Crippen LogP contribution in [-0.2, 0) is 0 Å². The second kappa shape index (κ2) is 6.23. The minimum Gasteiger partial charge on any atom is -0.478 e. The first kappa shape index (κ1) is 14.8. The predicted octanol–water partition coefficient (Wildman–Crippen LogP) is 3.90. The van der Waals surface area contributed by atoms with Crippen LogP contribution in [0.15, 0.2) is 42.5 Å². The van der Waals surface area contributed by atoms with Crippen molar-refractivity contribution in [2.45, 2.75) is 0 Å². The van der Waals surface area contributed by atoms with E-state index >= 15 is 0 Å². The molecule has 0 fully saturated rings. The van der Waals surface area contributed by atoms with Crippen LogP contribution in [-0.4, -0.2) is 17.0 Å². The van der Waals surface area contributed by atoms with Crippen molar-refractivity contribution in [3.05, 3.63) is 62.2 Å². The fourth-order valence-electron chi connectivity index (χ4n) is 1.55. The molecule has 1 amide bonds. The molecule has 0 atom stereocenters. The van der Waals surface area contributed by atoms with E-state index in [4.69, 9.17) is 16.7 Å². The number of carboxylic acid groups (broad SMARTS) is 1. The number of carbonyl (C=O) groups excluding carboxylic acids is 1. The Morgan fingerprint density at radius 1 is 1.05 bits per heavy atom. The number of hydrogen-bond donors (Lipinski definition) is 2. The average Bonchev–Trinajstić information content (AvgIpc) is 2.41. The lowest BCUT2D eigenvalue weighted by atomic mass is 10.2. The molecule has 2 rings (SSSR count). The third-order valence-electron chi connectivity index (χ3n) is 2.57. The van der Waals surface area contributed by atoms with Gasteiger partial charge in [0.1, 0.15) is 0 Å². The molecular weight excluding hydrogens is 393 g/mol. The first-order chi connectivity index (χ1) is 9.47. The van der Waals surface area contributed by atoms with E-state index in [1.807, 2.05) is 12.1 Å². The van der Waals surface area contributed by atoms with Gasteiger partial charge in [-0.2, -0.15) is 0 Å². The number of benzene rings is 2. The first-order valence-electron chi connectivity index (χ1n) is 5.57. The second-order valence-corrected chi connectivity index (χ2v) is 5.61. The monoisotopic (exact) mass is 401 g/mol. The van der Waals surface area contributed by atoms with Gasteiger partial charge in [0, 0.05) is 9.13 Å². The summed E-state index contributed by atoms with van der Waals surface area (Å²) in [6.45, 7) is 0. The first-order valence-corrected chi connectivity index (χ1v) is 7.03. The third kappa shape index (κ3) is 3.49. The van der Waals surface area contributed by atoms with Crippen molar-refractivity contribution in [3.8, 4) is 0 Å². The van der Waals surface area contributed by atoms with Crippen LogP contribution in [0.1, 0.15) is 20.7 Å². The van der Waals surface area contributed by atoms with Gasteiger partial charge in [-0.05, 0) is 65.1 Å². The van der Waals surface area contributed by atoms with Gasteiger partial charge < -0.3 is 10.4 Å². The van der Waals surface area contributed by atoms with E-state index in [2.05, 4.69) is 27.9 Å². The van der Waals surface area contributed by atoms with Crippen molar-refractivity contribution in [1.82, 2.24) is 0 Å². The van der Waals surface area contributed by atoms with E-state index in [-0.39, 0.29) is 16.5 Å². The maximum Gasteiger partial charge on any atom is 0.335 e. The molecule has 0 bridgehead atoms. The Morgan fingerprint density at radius 2 is 1.65 bits per heavy atom. The zero-order valence-corrected chi connectivity index (χ0v) is 13.0. The lowest BCUT2D eigenvalue weighted by Crippen LogP contribution is -2.12. The van der Waals surface area contributed by atoms with Crippen molar-refractivity contribution >= 4 is 51.8 Å². The van der Waals surface area contributed by atoms with E-state index < -0.39 is 5.97 Å². The lowest BCUT2D eigenvalue weighted by Gasteiger charge is -2.08. The van der Waals surface area contributed by atoms with E-state index in [0.717, 1.165) is 3.57 Å². The summed E-state index contributed by atoms with van der Waals surface area (Å²) in [5, 5.41) is 11.7. The third-order valence-corrected chi connectivity index (χ3v) is 3.60. The highest BCUT2D eigenvalue weighted by molar-refractivity contribution is 14.1. The number of aromatic carboxylic acids is 1. The number of amides is 1. The van der Waals surface area contributed by atoms with Gasteiger partial charge >= 0.3 is 5.97 Å². The van der Waals surface area contributed by atoms with Crippen molar-refractivity contribution in [2.24, 2.45) is 0 Å². The number of halogens is 2. The fraction of sp³-hybridized carbons (Fsp3) is 0. The van der Waals surface area contributed by atoms with Crippen LogP contribution < -0.4 is 5.32 Å². The van der Waals surface area contributed by atoms with Crippen LogP contribution in [0.3, 0.4) is 0 Å². The summed E-state index contributed by atoms with van der Waals surface area (Å²) in [5.41, 5.74) is 0.950. The van der Waals surface area contributed by atoms with Crippen molar-refractivity contribution in [2.75, 3.05) is 5.32 Å². The van der Waals surface area contributed by atoms with E-state index in [1.165, 1.54) is 18.2 Å². The SMILES string of the molecule is O=C(O)c1ccc(NC(=O)c2ccc(I)cc2)c(Cl)c1. The zero-order valence-electron chi connectivity index (χ0n) is 10.1. The highest BCUT2D eigenvalue weighted by Crippen LogP contribution is 2.23. The largest absolute Gasteiger partial charge is 0.478 e. The molecule has 0 aliphatic heterocycles. The smallest absolute Gasteiger partial charge is 0.335 e. The Bertz CT molecular complexity index is 671. The van der Waals surface area contributed by atoms with Crippen LogP contribution in [0.5, 0.6) is 0 Å². The van der Waals surface area contributed by atoms with Gasteiger partial charge in [0.15, 0.2) is 0 Å². The Hall–Kier alpha value is -1.60. The Kier molecular flexibility index (Phi) is 4.61. The van der Waals surface area contributed by atoms with Crippen LogP contribution in [0.2, 0.25) is 5.02 Å². The Balaban J connectivity index is 2.19. The minimum atomic E-state index is -1.07. The number of carbonyl (C=O) groups is 2.